The molecular formula is C25H37ClN2O4. The van der Waals surface area contributed by atoms with Gasteiger partial charge in [-0.15, -0.1) is 0 Å². The molecule has 1 heterocycles. The van der Waals surface area contributed by atoms with Gasteiger partial charge in [0.25, 0.3) is 5.91 Å². The number of hydrogen-bond donors (Lipinski definition) is 1. The molecule has 178 valence electrons. The van der Waals surface area contributed by atoms with Crippen molar-refractivity contribution in [3.05, 3.63) is 34.9 Å². The van der Waals surface area contributed by atoms with Gasteiger partial charge in [0.05, 0.1) is 13.0 Å². The normalized spacial score (nSPS) is 16.0. The third-order valence-electron chi connectivity index (χ3n) is 5.78. The molecule has 1 fully saturated rings. The van der Waals surface area contributed by atoms with Crippen molar-refractivity contribution in [2.24, 2.45) is 0 Å². The number of piperazine rings is 1. The molecule has 0 bridgehead atoms. The molecule has 2 amide bonds. The van der Waals surface area contributed by atoms with Gasteiger partial charge in [-0.3, -0.25) is 14.4 Å². The SMILES string of the molecule is CCCCCCCCCCCCOC(=O)CC1C(=O)NCCN1C(=O)c1cccc(Cl)c1. The van der Waals surface area contributed by atoms with Gasteiger partial charge in [0.2, 0.25) is 5.91 Å². The zero-order valence-corrected chi connectivity index (χ0v) is 20.0. The lowest BCUT2D eigenvalue weighted by molar-refractivity contribution is -0.147. The van der Waals surface area contributed by atoms with Gasteiger partial charge in [-0.05, 0) is 24.6 Å². The number of hydrogen-bond acceptors (Lipinski definition) is 4. The first-order valence-electron chi connectivity index (χ1n) is 12.0. The minimum Gasteiger partial charge on any atom is -0.466 e. The van der Waals surface area contributed by atoms with Crippen molar-refractivity contribution in [1.29, 1.82) is 0 Å². The van der Waals surface area contributed by atoms with Gasteiger partial charge in [0.1, 0.15) is 6.04 Å². The van der Waals surface area contributed by atoms with Crippen LogP contribution in [0.1, 0.15) is 87.9 Å². The van der Waals surface area contributed by atoms with Crippen LogP contribution in [0, 0.1) is 0 Å². The number of nitrogens with zero attached hydrogens (tertiary/aromatic N) is 1. The summed E-state index contributed by atoms with van der Waals surface area (Å²) in [5, 5.41) is 3.18. The monoisotopic (exact) mass is 464 g/mol. The van der Waals surface area contributed by atoms with Crippen LogP contribution in [0.5, 0.6) is 0 Å². The number of esters is 1. The summed E-state index contributed by atoms with van der Waals surface area (Å²) >= 11 is 5.99. The third-order valence-corrected chi connectivity index (χ3v) is 6.02. The van der Waals surface area contributed by atoms with Crippen molar-refractivity contribution >= 4 is 29.4 Å². The molecular weight excluding hydrogens is 428 g/mol. The molecule has 1 atom stereocenters. The fraction of sp³-hybridized carbons (Fsp3) is 0.640. The number of carbonyl (C=O) groups excluding carboxylic acids is 3. The summed E-state index contributed by atoms with van der Waals surface area (Å²) < 4.78 is 5.34. The topological polar surface area (TPSA) is 75.7 Å². The first kappa shape index (κ1) is 26.2. The van der Waals surface area contributed by atoms with E-state index in [4.69, 9.17) is 16.3 Å². The van der Waals surface area contributed by atoms with Gasteiger partial charge in [-0.2, -0.15) is 0 Å². The lowest BCUT2D eigenvalue weighted by atomic mass is 10.1. The van der Waals surface area contributed by atoms with E-state index < -0.39 is 12.0 Å². The van der Waals surface area contributed by atoms with Crippen LogP contribution in [0.4, 0.5) is 0 Å². The Kier molecular flexibility index (Phi) is 12.2. The van der Waals surface area contributed by atoms with Crippen LogP contribution in [0.2, 0.25) is 5.02 Å². The molecule has 6 nitrogen and oxygen atoms in total. The lowest BCUT2D eigenvalue weighted by Crippen LogP contribution is -2.57. The zero-order valence-electron chi connectivity index (χ0n) is 19.2. The number of nitrogens with one attached hydrogen (secondary N) is 1. The van der Waals surface area contributed by atoms with Crippen LogP contribution in [-0.4, -0.2) is 48.4 Å². The number of rotatable bonds is 14. The number of benzene rings is 1. The molecule has 7 heteroatoms. The van der Waals surface area contributed by atoms with Crippen molar-refractivity contribution in [1.82, 2.24) is 10.2 Å². The first-order valence-corrected chi connectivity index (χ1v) is 12.4. The average molecular weight is 465 g/mol. The van der Waals surface area contributed by atoms with Crippen LogP contribution >= 0.6 is 11.6 Å². The van der Waals surface area contributed by atoms with Crippen LogP contribution in [0.25, 0.3) is 0 Å². The van der Waals surface area contributed by atoms with Crippen molar-refractivity contribution in [2.45, 2.75) is 83.6 Å². The van der Waals surface area contributed by atoms with E-state index in [0.29, 0.717) is 30.3 Å². The summed E-state index contributed by atoms with van der Waals surface area (Å²) in [4.78, 5) is 39.0. The second kappa shape index (κ2) is 14.9. The standard InChI is InChI=1S/C25H37ClN2O4/c1-2-3-4-5-6-7-8-9-10-11-17-32-23(29)19-22-24(30)27-15-16-28(22)25(31)20-13-12-14-21(26)18-20/h12-14,18,22H,2-11,15-17,19H2,1H3,(H,27,30). The molecule has 1 N–H and O–H groups in total. The van der Waals surface area contributed by atoms with Gasteiger partial charge in [0, 0.05) is 23.7 Å². The quantitative estimate of drug-likeness (QED) is 0.305. The molecule has 1 unspecified atom stereocenters. The third kappa shape index (κ3) is 9.19. The number of carbonyl (C=O) groups is 3. The molecule has 0 aliphatic carbocycles. The highest BCUT2D eigenvalue weighted by atomic mass is 35.5. The van der Waals surface area contributed by atoms with Gasteiger partial charge < -0.3 is 15.0 Å². The predicted octanol–water partition coefficient (Wildman–Crippen LogP) is 5.13. The Bertz CT molecular complexity index is 740. The number of unbranched alkanes of at least 4 members (excludes halogenated alkanes) is 9. The molecule has 0 saturated carbocycles. The van der Waals surface area contributed by atoms with E-state index in [1.807, 2.05) is 0 Å². The molecule has 0 radical (unpaired) electrons. The summed E-state index contributed by atoms with van der Waals surface area (Å²) in [5.74, 6) is -1.09. The molecule has 1 saturated heterocycles. The van der Waals surface area contributed by atoms with Crippen LogP contribution in [-0.2, 0) is 14.3 Å². The maximum Gasteiger partial charge on any atom is 0.308 e. The van der Waals surface area contributed by atoms with E-state index in [2.05, 4.69) is 12.2 Å². The molecule has 1 aliphatic rings. The molecule has 2 rings (SSSR count). The highest BCUT2D eigenvalue weighted by molar-refractivity contribution is 6.31. The summed E-state index contributed by atoms with van der Waals surface area (Å²) in [6, 6.07) is 5.73. The van der Waals surface area contributed by atoms with E-state index in [9.17, 15) is 14.4 Å². The average Bonchev–Trinajstić information content (AvgIpc) is 2.78. The zero-order chi connectivity index (χ0) is 23.2. The second-order valence-corrected chi connectivity index (χ2v) is 8.86. The molecule has 0 aromatic heterocycles. The van der Waals surface area contributed by atoms with E-state index in [1.165, 1.54) is 49.8 Å². The number of amides is 2. The Labute approximate surface area is 197 Å². The van der Waals surface area contributed by atoms with Gasteiger partial charge >= 0.3 is 5.97 Å². The minimum absolute atomic E-state index is 0.143. The molecule has 1 aromatic rings. The summed E-state index contributed by atoms with van der Waals surface area (Å²) in [7, 11) is 0. The fourth-order valence-corrected chi connectivity index (χ4v) is 4.13. The number of halogens is 1. The van der Waals surface area contributed by atoms with Crippen molar-refractivity contribution in [3.8, 4) is 0 Å². The molecule has 1 aromatic carbocycles. The molecule has 1 aliphatic heterocycles. The molecule has 0 spiro atoms. The van der Waals surface area contributed by atoms with Crippen molar-refractivity contribution < 1.29 is 19.1 Å². The van der Waals surface area contributed by atoms with E-state index in [1.54, 1.807) is 24.3 Å². The Morgan fingerprint density at radius 3 is 2.38 bits per heavy atom. The second-order valence-electron chi connectivity index (χ2n) is 8.42. The molecule has 32 heavy (non-hydrogen) atoms. The van der Waals surface area contributed by atoms with Gasteiger partial charge in [0.15, 0.2) is 0 Å². The van der Waals surface area contributed by atoms with Crippen LogP contribution < -0.4 is 5.32 Å². The fourth-order valence-electron chi connectivity index (χ4n) is 3.94. The van der Waals surface area contributed by atoms with Crippen LogP contribution in [0.15, 0.2) is 24.3 Å². The maximum atomic E-state index is 12.9. The van der Waals surface area contributed by atoms with Crippen LogP contribution in [0.3, 0.4) is 0 Å². The lowest BCUT2D eigenvalue weighted by Gasteiger charge is -2.34. The highest BCUT2D eigenvalue weighted by Crippen LogP contribution is 2.18. The number of ether oxygens (including phenoxy) is 1. The van der Waals surface area contributed by atoms with E-state index in [-0.39, 0.29) is 18.2 Å². The highest BCUT2D eigenvalue weighted by Gasteiger charge is 2.35. The first-order chi connectivity index (χ1) is 15.5. The summed E-state index contributed by atoms with van der Waals surface area (Å²) in [6.07, 6.45) is 12.0. The maximum absolute atomic E-state index is 12.9. The summed E-state index contributed by atoms with van der Waals surface area (Å²) in [6.45, 7) is 3.28. The van der Waals surface area contributed by atoms with Crippen molar-refractivity contribution in [3.63, 3.8) is 0 Å². The minimum atomic E-state index is -0.865. The predicted molar refractivity (Wildman–Crippen MR) is 127 cm³/mol. The smallest absolute Gasteiger partial charge is 0.308 e. The Hall–Kier alpha value is -2.08. The summed E-state index contributed by atoms with van der Waals surface area (Å²) in [5.41, 5.74) is 0.399. The van der Waals surface area contributed by atoms with E-state index >= 15 is 0 Å². The Morgan fingerprint density at radius 1 is 1.06 bits per heavy atom. The Balaban J connectivity index is 1.69. The Morgan fingerprint density at radius 2 is 1.72 bits per heavy atom. The van der Waals surface area contributed by atoms with Crippen molar-refractivity contribution in [2.75, 3.05) is 19.7 Å². The largest absolute Gasteiger partial charge is 0.466 e. The van der Waals surface area contributed by atoms with Gasteiger partial charge in [-0.1, -0.05) is 82.4 Å². The van der Waals surface area contributed by atoms with Gasteiger partial charge in [-0.25, -0.2) is 0 Å². The van der Waals surface area contributed by atoms with E-state index in [0.717, 1.165) is 19.3 Å².